The number of hydrogen-bond donors (Lipinski definition) is 0. The molecule has 1 saturated carbocycles. The van der Waals surface area contributed by atoms with Crippen LogP contribution in [-0.2, 0) is 14.9 Å². The highest BCUT2D eigenvalue weighted by Gasteiger charge is 2.55. The summed E-state index contributed by atoms with van der Waals surface area (Å²) in [5.74, 6) is 2.60. The van der Waals surface area contributed by atoms with Gasteiger partial charge in [-0.15, -0.1) is 0 Å². The number of rotatable bonds is 5. The van der Waals surface area contributed by atoms with Crippen LogP contribution in [0.1, 0.15) is 44.4 Å². The molecule has 3 fully saturated rings. The van der Waals surface area contributed by atoms with Crippen molar-refractivity contribution >= 4 is 5.91 Å². The zero-order valence-corrected chi connectivity index (χ0v) is 16.2. The van der Waals surface area contributed by atoms with Gasteiger partial charge in [0.25, 0.3) is 0 Å². The second-order valence-electron chi connectivity index (χ2n) is 8.58. The zero-order valence-electron chi connectivity index (χ0n) is 16.2. The lowest BCUT2D eigenvalue weighted by Crippen LogP contribution is -2.35. The van der Waals surface area contributed by atoms with Crippen LogP contribution >= 0.6 is 0 Å². The minimum atomic E-state index is -0.161. The molecule has 1 aliphatic carbocycles. The monoisotopic (exact) mass is 381 g/mol. The van der Waals surface area contributed by atoms with Crippen LogP contribution in [0.3, 0.4) is 0 Å². The number of carbonyl (C=O) groups is 1. The third kappa shape index (κ3) is 3.13. The molecule has 1 aromatic carbocycles. The quantitative estimate of drug-likeness (QED) is 0.794. The first kappa shape index (κ1) is 17.9. The van der Waals surface area contributed by atoms with Crippen molar-refractivity contribution in [3.63, 3.8) is 0 Å². The van der Waals surface area contributed by atoms with E-state index in [0.717, 1.165) is 57.4 Å². The van der Waals surface area contributed by atoms with E-state index >= 15 is 0 Å². The molecule has 148 valence electrons. The molecule has 28 heavy (non-hydrogen) atoms. The third-order valence-corrected chi connectivity index (χ3v) is 6.90. The largest absolute Gasteiger partial charge is 0.381 e. The van der Waals surface area contributed by atoms with Gasteiger partial charge in [-0.2, -0.15) is 4.98 Å². The van der Waals surface area contributed by atoms with E-state index in [1.807, 2.05) is 35.2 Å². The van der Waals surface area contributed by atoms with E-state index in [2.05, 4.69) is 5.16 Å². The summed E-state index contributed by atoms with van der Waals surface area (Å²) < 4.78 is 11.2. The van der Waals surface area contributed by atoms with Gasteiger partial charge >= 0.3 is 0 Å². The Hall–Kier alpha value is -2.21. The molecule has 2 saturated heterocycles. The smallest absolute Gasteiger partial charge is 0.235 e. The Balaban J connectivity index is 1.31. The van der Waals surface area contributed by atoms with Gasteiger partial charge in [-0.3, -0.25) is 4.79 Å². The Bertz CT molecular complexity index is 831. The molecule has 1 amide bonds. The van der Waals surface area contributed by atoms with Crippen molar-refractivity contribution in [3.05, 3.63) is 36.2 Å². The predicted octanol–water partition coefficient (Wildman–Crippen LogP) is 3.43. The lowest BCUT2D eigenvalue weighted by atomic mass is 9.80. The number of amides is 1. The van der Waals surface area contributed by atoms with Crippen LogP contribution in [0.2, 0.25) is 0 Å². The highest BCUT2D eigenvalue weighted by atomic mass is 16.5. The molecule has 1 aromatic heterocycles. The Kier molecular flexibility index (Phi) is 4.67. The van der Waals surface area contributed by atoms with E-state index in [1.54, 1.807) is 0 Å². The van der Waals surface area contributed by atoms with Crippen LogP contribution in [0.5, 0.6) is 0 Å². The van der Waals surface area contributed by atoms with Crippen LogP contribution in [0.15, 0.2) is 34.9 Å². The minimum absolute atomic E-state index is 0.161. The number of aromatic nitrogens is 2. The van der Waals surface area contributed by atoms with Gasteiger partial charge in [0.1, 0.15) is 0 Å². The molecule has 1 unspecified atom stereocenters. The van der Waals surface area contributed by atoms with Crippen molar-refractivity contribution in [2.24, 2.45) is 11.8 Å². The fourth-order valence-electron chi connectivity index (χ4n) is 5.26. The molecule has 3 heterocycles. The van der Waals surface area contributed by atoms with Crippen molar-refractivity contribution in [2.75, 3.05) is 26.3 Å². The number of carbonyl (C=O) groups excluding carboxylic acids is 1. The maximum absolute atomic E-state index is 12.9. The van der Waals surface area contributed by atoms with E-state index in [-0.39, 0.29) is 11.3 Å². The van der Waals surface area contributed by atoms with E-state index in [1.165, 1.54) is 0 Å². The number of likely N-dealkylation sites (tertiary alicyclic amines) is 1. The fraction of sp³-hybridized carbons (Fsp3) is 0.591. The van der Waals surface area contributed by atoms with Gasteiger partial charge < -0.3 is 14.2 Å². The number of ether oxygens (including phenoxy) is 1. The van der Waals surface area contributed by atoms with Crippen LogP contribution in [0.25, 0.3) is 11.4 Å². The molecule has 0 bridgehead atoms. The first-order valence-electron chi connectivity index (χ1n) is 10.5. The maximum Gasteiger partial charge on any atom is 0.235 e. The lowest BCUT2D eigenvalue weighted by Gasteiger charge is -2.24. The van der Waals surface area contributed by atoms with Gasteiger partial charge in [-0.1, -0.05) is 41.9 Å². The number of nitrogens with zero attached hydrogens (tertiary/aromatic N) is 3. The normalized spacial score (nSPS) is 29.4. The average Bonchev–Trinajstić information content (AvgIpc) is 3.50. The molecular weight excluding hydrogens is 354 g/mol. The summed E-state index contributed by atoms with van der Waals surface area (Å²) in [4.78, 5) is 19.7. The standard InChI is InChI=1S/C22H27N3O3/c26-19(9-8-16-10-12-27-14-16)25-13-18-7-4-11-22(18,15-25)21-23-20(24-28-21)17-5-2-1-3-6-17/h1-3,5-6,16,18H,4,7-15H2/t16?,18-,22-/m0/s1. The van der Waals surface area contributed by atoms with Gasteiger partial charge in [0.2, 0.25) is 17.6 Å². The predicted molar refractivity (Wildman–Crippen MR) is 103 cm³/mol. The topological polar surface area (TPSA) is 68.5 Å². The molecule has 0 spiro atoms. The molecule has 3 aliphatic rings. The van der Waals surface area contributed by atoms with Crippen molar-refractivity contribution in [3.8, 4) is 11.4 Å². The van der Waals surface area contributed by atoms with Crippen LogP contribution < -0.4 is 0 Å². The van der Waals surface area contributed by atoms with Crippen molar-refractivity contribution in [1.29, 1.82) is 0 Å². The molecule has 3 atom stereocenters. The van der Waals surface area contributed by atoms with Gasteiger partial charge in [0, 0.05) is 38.3 Å². The molecular formula is C22H27N3O3. The molecule has 6 heteroatoms. The number of hydrogen-bond acceptors (Lipinski definition) is 5. The second-order valence-corrected chi connectivity index (χ2v) is 8.58. The highest BCUT2D eigenvalue weighted by Crippen LogP contribution is 2.50. The summed E-state index contributed by atoms with van der Waals surface area (Å²) in [6, 6.07) is 9.93. The summed E-state index contributed by atoms with van der Waals surface area (Å²) in [5, 5.41) is 4.24. The lowest BCUT2D eigenvalue weighted by molar-refractivity contribution is -0.130. The van der Waals surface area contributed by atoms with E-state index in [4.69, 9.17) is 14.2 Å². The van der Waals surface area contributed by atoms with Crippen LogP contribution in [0, 0.1) is 11.8 Å². The number of benzene rings is 1. The Labute approximate surface area is 165 Å². The van der Waals surface area contributed by atoms with Crippen molar-refractivity contribution in [2.45, 2.75) is 43.9 Å². The van der Waals surface area contributed by atoms with Crippen LogP contribution in [-0.4, -0.2) is 47.3 Å². The third-order valence-electron chi connectivity index (χ3n) is 6.90. The van der Waals surface area contributed by atoms with E-state index in [0.29, 0.717) is 36.5 Å². The van der Waals surface area contributed by atoms with E-state index < -0.39 is 0 Å². The first-order valence-corrected chi connectivity index (χ1v) is 10.5. The van der Waals surface area contributed by atoms with Crippen molar-refractivity contribution in [1.82, 2.24) is 15.0 Å². The highest BCUT2D eigenvalue weighted by molar-refractivity contribution is 5.77. The average molecular weight is 381 g/mol. The van der Waals surface area contributed by atoms with Gasteiger partial charge in [-0.25, -0.2) is 0 Å². The number of fused-ring (bicyclic) bond motifs is 1. The maximum atomic E-state index is 12.9. The Morgan fingerprint density at radius 2 is 2.14 bits per heavy atom. The van der Waals surface area contributed by atoms with Crippen molar-refractivity contribution < 1.29 is 14.1 Å². The fourth-order valence-corrected chi connectivity index (χ4v) is 5.26. The van der Waals surface area contributed by atoms with Gasteiger partial charge in [-0.05, 0) is 37.5 Å². The second kappa shape index (κ2) is 7.32. The van der Waals surface area contributed by atoms with Crippen LogP contribution in [0.4, 0.5) is 0 Å². The Morgan fingerprint density at radius 3 is 2.96 bits per heavy atom. The molecule has 2 aliphatic heterocycles. The first-order chi connectivity index (χ1) is 13.7. The molecule has 6 nitrogen and oxygen atoms in total. The minimum Gasteiger partial charge on any atom is -0.381 e. The Morgan fingerprint density at radius 1 is 1.25 bits per heavy atom. The SMILES string of the molecule is O=C(CCC1CCOC1)N1C[C@@H]2CCC[C@]2(c2nc(-c3ccccc3)no2)C1. The van der Waals surface area contributed by atoms with E-state index in [9.17, 15) is 4.79 Å². The summed E-state index contributed by atoms with van der Waals surface area (Å²) in [5.41, 5.74) is 0.805. The summed E-state index contributed by atoms with van der Waals surface area (Å²) in [7, 11) is 0. The van der Waals surface area contributed by atoms with Gasteiger partial charge in [0.05, 0.1) is 5.41 Å². The summed E-state index contributed by atoms with van der Waals surface area (Å²) >= 11 is 0. The molecule has 5 rings (SSSR count). The summed E-state index contributed by atoms with van der Waals surface area (Å²) in [6.45, 7) is 3.19. The molecule has 0 N–H and O–H groups in total. The molecule has 0 radical (unpaired) electrons. The van der Waals surface area contributed by atoms with Gasteiger partial charge in [0.15, 0.2) is 0 Å². The molecule has 2 aromatic rings. The zero-order chi connectivity index (χ0) is 19.0. The summed E-state index contributed by atoms with van der Waals surface area (Å²) in [6.07, 6.45) is 5.96.